The lowest BCUT2D eigenvalue weighted by Crippen LogP contribution is -2.36. The van der Waals surface area contributed by atoms with Crippen LogP contribution in [0, 0.1) is 5.92 Å². The first-order chi connectivity index (χ1) is 17.4. The third-order valence-electron chi connectivity index (χ3n) is 6.72. The van der Waals surface area contributed by atoms with E-state index in [1.807, 2.05) is 13.0 Å². The topological polar surface area (TPSA) is 158 Å². The number of pyridine rings is 1. The van der Waals surface area contributed by atoms with E-state index < -0.39 is 11.6 Å². The van der Waals surface area contributed by atoms with Gasteiger partial charge in [0.2, 0.25) is 11.8 Å². The third kappa shape index (κ3) is 3.92. The molecule has 0 unspecified atom stereocenters. The minimum Gasteiger partial charge on any atom is -0.449 e. The second-order valence-electron chi connectivity index (χ2n) is 9.24. The molecule has 4 aromatic rings. The fourth-order valence-corrected chi connectivity index (χ4v) is 5.81. The zero-order valence-electron chi connectivity index (χ0n) is 19.3. The number of aromatic nitrogens is 4. The van der Waals surface area contributed by atoms with Gasteiger partial charge in [0.1, 0.15) is 29.6 Å². The summed E-state index contributed by atoms with van der Waals surface area (Å²) in [6.07, 6.45) is 7.15. The molecule has 36 heavy (non-hydrogen) atoms. The van der Waals surface area contributed by atoms with Crippen LogP contribution in [0.3, 0.4) is 0 Å². The third-order valence-corrected chi connectivity index (χ3v) is 7.82. The number of hydrogen-bond donors (Lipinski definition) is 3. The lowest BCUT2D eigenvalue weighted by atomic mass is 10.1. The van der Waals surface area contributed by atoms with Crippen molar-refractivity contribution in [2.75, 3.05) is 11.1 Å². The Morgan fingerprint density at radius 3 is 2.86 bits per heavy atom. The van der Waals surface area contributed by atoms with Crippen LogP contribution >= 0.6 is 11.3 Å². The molecular formula is C24H23N7O4S. The highest BCUT2D eigenvalue weighted by Crippen LogP contribution is 2.47. The predicted molar refractivity (Wildman–Crippen MR) is 132 cm³/mol. The first-order valence-electron chi connectivity index (χ1n) is 11.6. The maximum atomic E-state index is 13.3. The van der Waals surface area contributed by atoms with Crippen LogP contribution in [0.4, 0.5) is 11.5 Å². The zero-order chi connectivity index (χ0) is 25.0. The van der Waals surface area contributed by atoms with Gasteiger partial charge in [0.05, 0.1) is 24.9 Å². The summed E-state index contributed by atoms with van der Waals surface area (Å²) in [5.74, 6) is 0.457. The molecule has 184 valence electrons. The molecule has 4 aromatic heterocycles. The lowest BCUT2D eigenvalue weighted by Gasteiger charge is -2.15. The Morgan fingerprint density at radius 2 is 2.06 bits per heavy atom. The van der Waals surface area contributed by atoms with E-state index in [0.29, 0.717) is 36.9 Å². The second-order valence-corrected chi connectivity index (χ2v) is 10.4. The Hall–Kier alpha value is -4.06. The van der Waals surface area contributed by atoms with Crippen LogP contribution in [0.15, 0.2) is 46.2 Å². The molecule has 1 fully saturated rings. The van der Waals surface area contributed by atoms with Crippen molar-refractivity contribution in [1.82, 2.24) is 24.8 Å². The van der Waals surface area contributed by atoms with Crippen LogP contribution in [0.2, 0.25) is 0 Å². The fraction of sp³-hybridized carbons (Fsp3) is 0.333. The highest BCUT2D eigenvalue weighted by atomic mass is 32.1. The summed E-state index contributed by atoms with van der Waals surface area (Å²) in [5, 5.41) is 6.60. The number of hydrogen-bond acceptors (Lipinski definition) is 9. The normalized spacial score (nSPS) is 22.4. The minimum absolute atomic E-state index is 0.0586. The van der Waals surface area contributed by atoms with Crippen molar-refractivity contribution in [2.24, 2.45) is 5.92 Å². The summed E-state index contributed by atoms with van der Waals surface area (Å²) in [4.78, 5) is 52.7. The number of carbonyl (C=O) groups is 2. The molecule has 5 heterocycles. The predicted octanol–water partition coefficient (Wildman–Crippen LogP) is 2.53. The average Bonchev–Trinajstić information content (AvgIpc) is 3.18. The van der Waals surface area contributed by atoms with E-state index in [-0.39, 0.29) is 35.3 Å². The maximum absolute atomic E-state index is 13.3. The van der Waals surface area contributed by atoms with Crippen LogP contribution in [0.25, 0.3) is 10.1 Å². The lowest BCUT2D eigenvalue weighted by molar-refractivity contribution is -0.124. The van der Waals surface area contributed by atoms with E-state index in [9.17, 15) is 14.4 Å². The SMILES string of the molecule is C[C@@H]1C[C@@H](C(=O)NCc2cc3cnc(N)cc3s2)n2c1ncc(NC(=O)[C@H]1C[C@@H]1c1ncco1)c2=O. The highest BCUT2D eigenvalue weighted by molar-refractivity contribution is 7.19. The summed E-state index contributed by atoms with van der Waals surface area (Å²) < 4.78 is 7.68. The van der Waals surface area contributed by atoms with Crippen molar-refractivity contribution in [3.05, 3.63) is 63.9 Å². The van der Waals surface area contributed by atoms with Gasteiger partial charge < -0.3 is 20.8 Å². The molecule has 0 aromatic carbocycles. The van der Waals surface area contributed by atoms with Crippen LogP contribution < -0.4 is 21.9 Å². The van der Waals surface area contributed by atoms with Gasteiger partial charge in [0.25, 0.3) is 5.56 Å². The van der Waals surface area contributed by atoms with Crippen molar-refractivity contribution >= 4 is 44.7 Å². The van der Waals surface area contributed by atoms with Crippen LogP contribution in [-0.2, 0) is 16.1 Å². The Morgan fingerprint density at radius 1 is 1.19 bits per heavy atom. The molecular weight excluding hydrogens is 482 g/mol. The summed E-state index contributed by atoms with van der Waals surface area (Å²) in [7, 11) is 0. The average molecular weight is 506 g/mol. The quantitative estimate of drug-likeness (QED) is 0.361. The number of rotatable bonds is 6. The van der Waals surface area contributed by atoms with E-state index in [0.717, 1.165) is 15.0 Å². The highest BCUT2D eigenvalue weighted by Gasteiger charge is 2.47. The molecule has 0 radical (unpaired) electrons. The number of thiophene rings is 1. The van der Waals surface area contributed by atoms with Gasteiger partial charge in [-0.1, -0.05) is 6.92 Å². The number of anilines is 2. The summed E-state index contributed by atoms with van der Waals surface area (Å²) in [5.41, 5.74) is 5.38. The number of carbonyl (C=O) groups excluding carboxylic acids is 2. The molecule has 0 saturated heterocycles. The molecule has 2 aliphatic rings. The van der Waals surface area contributed by atoms with Gasteiger partial charge in [-0.25, -0.2) is 15.0 Å². The molecule has 12 heteroatoms. The molecule has 6 rings (SSSR count). The van der Waals surface area contributed by atoms with Gasteiger partial charge >= 0.3 is 0 Å². The zero-order valence-corrected chi connectivity index (χ0v) is 20.1. The standard InChI is InChI=1S/C24H23N7O4S/c1-11-4-17(22(33)29-9-13-5-12-8-27-19(25)7-18(12)36-13)31-20(11)28-10-16(24(31)34)30-21(32)14-6-15(14)23-26-2-3-35-23/h2-3,5,7-8,10-11,14-15,17H,4,6,9H2,1H3,(H2,25,27)(H,29,33)(H,30,32)/t11-,14+,15+,17+/m1/s1. The number of nitrogens with zero attached hydrogens (tertiary/aromatic N) is 4. The van der Waals surface area contributed by atoms with Crippen LogP contribution in [0.1, 0.15) is 54.2 Å². The molecule has 0 bridgehead atoms. The number of oxazole rings is 1. The van der Waals surface area contributed by atoms with E-state index >= 15 is 0 Å². The van der Waals surface area contributed by atoms with Crippen molar-refractivity contribution in [3.8, 4) is 0 Å². The molecule has 11 nitrogen and oxygen atoms in total. The number of nitrogens with one attached hydrogen (secondary N) is 2. The molecule has 4 atom stereocenters. The number of nitrogen functional groups attached to an aromatic ring is 1. The first-order valence-corrected chi connectivity index (χ1v) is 12.4. The van der Waals surface area contributed by atoms with Gasteiger partial charge in [0.15, 0.2) is 5.89 Å². The first kappa shape index (κ1) is 22.4. The molecule has 4 N–H and O–H groups in total. The van der Waals surface area contributed by atoms with E-state index in [1.54, 1.807) is 18.5 Å². The van der Waals surface area contributed by atoms with Crippen molar-refractivity contribution in [3.63, 3.8) is 0 Å². The molecule has 1 saturated carbocycles. The van der Waals surface area contributed by atoms with E-state index in [1.165, 1.54) is 28.4 Å². The molecule has 1 aliphatic carbocycles. The van der Waals surface area contributed by atoms with Crippen LogP contribution in [0.5, 0.6) is 0 Å². The number of nitrogens with two attached hydrogens (primary N) is 1. The molecule has 2 amide bonds. The van der Waals surface area contributed by atoms with Gasteiger partial charge in [0, 0.05) is 33.0 Å². The summed E-state index contributed by atoms with van der Waals surface area (Å²) in [6.45, 7) is 2.25. The molecule has 0 spiro atoms. The van der Waals surface area contributed by atoms with Gasteiger partial charge in [-0.15, -0.1) is 11.3 Å². The Labute approximate surface area is 208 Å². The minimum atomic E-state index is -0.709. The largest absolute Gasteiger partial charge is 0.449 e. The van der Waals surface area contributed by atoms with Gasteiger partial charge in [-0.05, 0) is 25.0 Å². The Bertz CT molecular complexity index is 1540. The summed E-state index contributed by atoms with van der Waals surface area (Å²) in [6, 6.07) is 3.05. The maximum Gasteiger partial charge on any atom is 0.278 e. The van der Waals surface area contributed by atoms with Crippen LogP contribution in [-0.4, -0.2) is 31.3 Å². The van der Waals surface area contributed by atoms with Crippen molar-refractivity contribution in [1.29, 1.82) is 0 Å². The fourth-order valence-electron chi connectivity index (χ4n) is 4.79. The van der Waals surface area contributed by atoms with E-state index in [4.69, 9.17) is 10.2 Å². The summed E-state index contributed by atoms with van der Waals surface area (Å²) >= 11 is 1.53. The van der Waals surface area contributed by atoms with Crippen molar-refractivity contribution < 1.29 is 14.0 Å². The van der Waals surface area contributed by atoms with E-state index in [2.05, 4.69) is 25.6 Å². The van der Waals surface area contributed by atoms with Gasteiger partial charge in [-0.3, -0.25) is 19.0 Å². The van der Waals surface area contributed by atoms with Crippen molar-refractivity contribution in [2.45, 2.75) is 44.2 Å². The number of fused-ring (bicyclic) bond motifs is 2. The molecule has 1 aliphatic heterocycles. The second kappa shape index (κ2) is 8.55. The smallest absolute Gasteiger partial charge is 0.278 e. The monoisotopic (exact) mass is 505 g/mol. The van der Waals surface area contributed by atoms with Gasteiger partial charge in [-0.2, -0.15) is 0 Å². The number of amides is 2. The Kier molecular flexibility index (Phi) is 5.32. The Balaban J connectivity index is 1.17.